The van der Waals surface area contributed by atoms with E-state index in [0.717, 1.165) is 41.3 Å². The minimum absolute atomic E-state index is 0.346. The normalized spacial score (nSPS) is 16.0. The van der Waals surface area contributed by atoms with Crippen LogP contribution in [-0.2, 0) is 6.42 Å². The first-order valence-corrected chi connectivity index (χ1v) is 10.7. The zero-order valence-corrected chi connectivity index (χ0v) is 19.2. The van der Waals surface area contributed by atoms with Gasteiger partial charge in [0.1, 0.15) is 10.3 Å². The Kier molecular flexibility index (Phi) is 11.4. The van der Waals surface area contributed by atoms with E-state index in [2.05, 4.69) is 24.0 Å². The van der Waals surface area contributed by atoms with Crippen LogP contribution in [0.15, 0.2) is 51.1 Å². The van der Waals surface area contributed by atoms with Crippen LogP contribution in [0.5, 0.6) is 0 Å². The number of hydrogen-bond donors (Lipinski definition) is 1. The van der Waals surface area contributed by atoms with Gasteiger partial charge in [-0.1, -0.05) is 74.2 Å². The van der Waals surface area contributed by atoms with Crippen molar-refractivity contribution in [2.75, 3.05) is 6.54 Å². The van der Waals surface area contributed by atoms with Crippen molar-refractivity contribution in [2.45, 2.75) is 60.3 Å². The molecule has 0 spiro atoms. The number of nitrogens with two attached hydrogens (primary N) is 1. The summed E-state index contributed by atoms with van der Waals surface area (Å²) in [7, 11) is 0. The van der Waals surface area contributed by atoms with Gasteiger partial charge in [-0.2, -0.15) is 0 Å². The van der Waals surface area contributed by atoms with E-state index >= 15 is 0 Å². The van der Waals surface area contributed by atoms with Crippen LogP contribution in [0.2, 0.25) is 0 Å². The topological polar surface area (TPSA) is 50.7 Å². The van der Waals surface area contributed by atoms with Gasteiger partial charge in [0.25, 0.3) is 0 Å². The van der Waals surface area contributed by atoms with E-state index < -0.39 is 0 Å². The zero-order valence-electron chi connectivity index (χ0n) is 17.7. The summed E-state index contributed by atoms with van der Waals surface area (Å²) in [5.74, 6) is 1.08. The lowest BCUT2D eigenvalue weighted by atomic mass is 10.1. The molecule has 1 aliphatic carbocycles. The summed E-state index contributed by atoms with van der Waals surface area (Å²) >= 11 is 12.3. The molecule has 0 atom stereocenters. The van der Waals surface area contributed by atoms with Crippen molar-refractivity contribution in [3.63, 3.8) is 0 Å². The van der Waals surface area contributed by atoms with E-state index in [0.29, 0.717) is 16.9 Å². The molecule has 0 bridgehead atoms. The fourth-order valence-corrected chi connectivity index (χ4v) is 2.87. The van der Waals surface area contributed by atoms with Gasteiger partial charge in [-0.25, -0.2) is 4.99 Å². The highest BCUT2D eigenvalue weighted by Gasteiger charge is 2.13. The highest BCUT2D eigenvalue weighted by atomic mass is 35.5. The Bertz CT molecular complexity index is 757. The minimum atomic E-state index is 0.346. The van der Waals surface area contributed by atoms with Gasteiger partial charge < -0.3 is 5.73 Å². The summed E-state index contributed by atoms with van der Waals surface area (Å²) in [4.78, 5) is 8.98. The number of nitrogens with zero attached hydrogens (tertiary/aromatic N) is 2. The average molecular weight is 422 g/mol. The Morgan fingerprint density at radius 2 is 1.86 bits per heavy atom. The summed E-state index contributed by atoms with van der Waals surface area (Å²) in [5, 5.41) is 0.704. The maximum atomic E-state index is 6.33. The van der Waals surface area contributed by atoms with Crippen LogP contribution in [0.25, 0.3) is 0 Å². The second-order valence-electron chi connectivity index (χ2n) is 6.97. The van der Waals surface area contributed by atoms with Crippen LogP contribution < -0.4 is 5.73 Å². The molecule has 1 aliphatic rings. The monoisotopic (exact) mass is 421 g/mol. The molecule has 1 aromatic carbocycles. The summed E-state index contributed by atoms with van der Waals surface area (Å²) in [6.07, 6.45) is 8.18. The maximum Gasteiger partial charge on any atom is 0.139 e. The van der Waals surface area contributed by atoms with Gasteiger partial charge in [-0.3, -0.25) is 4.99 Å². The van der Waals surface area contributed by atoms with Gasteiger partial charge in [0, 0.05) is 5.57 Å². The number of aliphatic imine (C=N–C) groups is 2. The van der Waals surface area contributed by atoms with Crippen LogP contribution in [0.1, 0.15) is 58.1 Å². The van der Waals surface area contributed by atoms with Crippen LogP contribution >= 0.6 is 23.2 Å². The zero-order chi connectivity index (χ0) is 21.1. The highest BCUT2D eigenvalue weighted by molar-refractivity contribution is 6.73. The molecule has 1 aromatic rings. The molecule has 5 heteroatoms. The van der Waals surface area contributed by atoms with E-state index in [4.69, 9.17) is 33.9 Å². The quantitative estimate of drug-likeness (QED) is 0.370. The van der Waals surface area contributed by atoms with Crippen molar-refractivity contribution in [1.82, 2.24) is 0 Å². The number of allylic oxidation sites excluding steroid dienone is 3. The van der Waals surface area contributed by atoms with E-state index in [-0.39, 0.29) is 0 Å². The van der Waals surface area contributed by atoms with Crippen LogP contribution in [0, 0.1) is 12.8 Å². The van der Waals surface area contributed by atoms with Crippen molar-refractivity contribution in [3.8, 4) is 0 Å². The van der Waals surface area contributed by atoms with Gasteiger partial charge in [0.05, 0.1) is 11.4 Å². The molecule has 0 heterocycles. The predicted octanol–water partition coefficient (Wildman–Crippen LogP) is 7.08. The molecular weight excluding hydrogens is 389 g/mol. The van der Waals surface area contributed by atoms with Crippen LogP contribution in [0.4, 0.5) is 5.69 Å². The molecule has 0 unspecified atom stereocenters. The molecule has 154 valence electrons. The molecule has 28 heavy (non-hydrogen) atoms. The van der Waals surface area contributed by atoms with E-state index in [9.17, 15) is 0 Å². The Morgan fingerprint density at radius 3 is 2.29 bits per heavy atom. The summed E-state index contributed by atoms with van der Waals surface area (Å²) < 4.78 is 0. The van der Waals surface area contributed by atoms with Crippen molar-refractivity contribution in [2.24, 2.45) is 21.6 Å². The minimum Gasteiger partial charge on any atom is -0.330 e. The Hall–Kier alpha value is -1.42. The van der Waals surface area contributed by atoms with Gasteiger partial charge in [0.15, 0.2) is 0 Å². The summed E-state index contributed by atoms with van der Waals surface area (Å²) in [5.41, 5.74) is 10.5. The highest BCUT2D eigenvalue weighted by Crippen LogP contribution is 2.26. The molecular formula is C23H33Cl2N3. The molecule has 0 amide bonds. The SMILES string of the molecule is CC1CC1.C\C=C(C(CC)=Nc1ccc(CCN)cc1C)/C(Cl)=N\C(Cl)=C/C. The third-order valence-electron chi connectivity index (χ3n) is 4.42. The standard InChI is InChI=1S/C19H25Cl2N3.C4H8/c1-5-15(19(21)24-18(20)7-3)16(6-2)23-17-9-8-14(10-11-22)12-13(17)4;1-4-2-3-4/h5,7-9,12H,6,10-11,22H2,1-4H3;4H,2-3H2,1H3/b15-5-,18-7-,23-16?,24-19+;. The first kappa shape index (κ1) is 24.6. The first-order chi connectivity index (χ1) is 13.4. The number of benzene rings is 1. The third kappa shape index (κ3) is 8.72. The van der Waals surface area contributed by atoms with Crippen molar-refractivity contribution in [1.29, 1.82) is 0 Å². The van der Waals surface area contributed by atoms with Gasteiger partial charge in [-0.15, -0.1) is 0 Å². The lowest BCUT2D eigenvalue weighted by molar-refractivity contribution is 0.966. The van der Waals surface area contributed by atoms with Gasteiger partial charge in [-0.05, 0) is 63.3 Å². The second-order valence-corrected chi connectivity index (χ2v) is 7.72. The lowest BCUT2D eigenvalue weighted by Gasteiger charge is -2.10. The number of aryl methyl sites for hydroxylation is 1. The molecule has 2 rings (SSSR count). The van der Waals surface area contributed by atoms with Gasteiger partial charge in [0.2, 0.25) is 0 Å². The Labute approximate surface area is 180 Å². The fraction of sp³-hybridized carbons (Fsp3) is 0.478. The Balaban J connectivity index is 0.000000863. The number of halogens is 2. The molecule has 0 radical (unpaired) electrons. The number of rotatable bonds is 7. The van der Waals surface area contributed by atoms with Gasteiger partial charge >= 0.3 is 0 Å². The second kappa shape index (κ2) is 12.9. The van der Waals surface area contributed by atoms with Crippen molar-refractivity contribution >= 4 is 39.8 Å². The van der Waals surface area contributed by atoms with E-state index in [1.165, 1.54) is 18.4 Å². The fourth-order valence-electron chi connectivity index (χ4n) is 2.43. The molecule has 0 aliphatic heterocycles. The smallest absolute Gasteiger partial charge is 0.139 e. The van der Waals surface area contributed by atoms with Crippen LogP contribution in [0.3, 0.4) is 0 Å². The first-order valence-electron chi connectivity index (χ1n) is 9.96. The van der Waals surface area contributed by atoms with E-state index in [1.807, 2.05) is 39.8 Å². The molecule has 1 saturated carbocycles. The summed E-state index contributed by atoms with van der Waals surface area (Å²) in [6, 6.07) is 6.21. The molecule has 2 N–H and O–H groups in total. The maximum absolute atomic E-state index is 6.33. The largest absolute Gasteiger partial charge is 0.330 e. The Morgan fingerprint density at radius 1 is 1.21 bits per heavy atom. The average Bonchev–Trinajstić information content (AvgIpc) is 3.46. The van der Waals surface area contributed by atoms with Crippen LogP contribution in [-0.4, -0.2) is 17.4 Å². The number of hydrogen-bond acceptors (Lipinski definition) is 3. The third-order valence-corrected chi connectivity index (χ3v) is 5.01. The molecule has 0 aromatic heterocycles. The van der Waals surface area contributed by atoms with E-state index in [1.54, 1.807) is 6.08 Å². The molecule has 1 fully saturated rings. The summed E-state index contributed by atoms with van der Waals surface area (Å²) in [6.45, 7) is 10.7. The molecule has 3 nitrogen and oxygen atoms in total. The van der Waals surface area contributed by atoms with Crippen molar-refractivity contribution < 1.29 is 0 Å². The van der Waals surface area contributed by atoms with Crippen molar-refractivity contribution in [3.05, 3.63) is 52.2 Å². The predicted molar refractivity (Wildman–Crippen MR) is 126 cm³/mol. The molecule has 0 saturated heterocycles. The lowest BCUT2D eigenvalue weighted by Crippen LogP contribution is -2.08.